The summed E-state index contributed by atoms with van der Waals surface area (Å²) in [6.07, 6.45) is -0.966. The summed E-state index contributed by atoms with van der Waals surface area (Å²) in [5.74, 6) is 0.366. The monoisotopic (exact) mass is 194 g/mol. The van der Waals surface area contributed by atoms with Crippen LogP contribution in [-0.4, -0.2) is 23.6 Å². The standard InChI is InChI=1S/C11H14O3/c1-3-14-10-6-4-5-9(7-10)11(13)8(2)12/h4-8,12H,3H2,1-2H3. The number of aliphatic hydroxyl groups is 1. The average Bonchev–Trinajstić information content (AvgIpc) is 2.17. The normalized spacial score (nSPS) is 12.2. The molecule has 1 rings (SSSR count). The number of ether oxygens (including phenoxy) is 1. The molecule has 1 aromatic rings. The van der Waals surface area contributed by atoms with Crippen molar-refractivity contribution in [2.75, 3.05) is 6.61 Å². The van der Waals surface area contributed by atoms with Gasteiger partial charge in [0.05, 0.1) is 6.61 Å². The van der Waals surface area contributed by atoms with Crippen molar-refractivity contribution in [3.8, 4) is 5.75 Å². The smallest absolute Gasteiger partial charge is 0.191 e. The molecule has 14 heavy (non-hydrogen) atoms. The summed E-state index contributed by atoms with van der Waals surface area (Å²) < 4.78 is 5.24. The Labute approximate surface area is 83.3 Å². The highest BCUT2D eigenvalue weighted by Crippen LogP contribution is 2.14. The third-order valence-corrected chi connectivity index (χ3v) is 1.81. The van der Waals surface area contributed by atoms with E-state index in [2.05, 4.69) is 0 Å². The highest BCUT2D eigenvalue weighted by atomic mass is 16.5. The molecular weight excluding hydrogens is 180 g/mol. The second-order valence-corrected chi connectivity index (χ2v) is 3.00. The van der Waals surface area contributed by atoms with E-state index in [0.717, 1.165) is 0 Å². The first-order chi connectivity index (χ1) is 6.65. The fourth-order valence-corrected chi connectivity index (χ4v) is 1.15. The topological polar surface area (TPSA) is 46.5 Å². The number of rotatable bonds is 4. The molecule has 3 nitrogen and oxygen atoms in total. The minimum absolute atomic E-state index is 0.286. The SMILES string of the molecule is CCOc1cccc(C(=O)C(C)O)c1. The molecule has 3 heteroatoms. The largest absolute Gasteiger partial charge is 0.494 e. The molecule has 0 radical (unpaired) electrons. The van der Waals surface area contributed by atoms with Crippen LogP contribution in [0.2, 0.25) is 0 Å². The summed E-state index contributed by atoms with van der Waals surface area (Å²) in [6.45, 7) is 3.89. The first-order valence-electron chi connectivity index (χ1n) is 4.60. The van der Waals surface area contributed by atoms with Gasteiger partial charge in [0.2, 0.25) is 0 Å². The summed E-state index contributed by atoms with van der Waals surface area (Å²) in [6, 6.07) is 6.82. The van der Waals surface area contributed by atoms with Crippen molar-refractivity contribution in [3.05, 3.63) is 29.8 Å². The van der Waals surface area contributed by atoms with Gasteiger partial charge in [-0.25, -0.2) is 0 Å². The molecule has 0 bridgehead atoms. The molecule has 0 amide bonds. The van der Waals surface area contributed by atoms with Crippen molar-refractivity contribution in [1.82, 2.24) is 0 Å². The maximum Gasteiger partial charge on any atom is 0.191 e. The molecule has 0 spiro atoms. The molecule has 0 saturated heterocycles. The summed E-state index contributed by atoms with van der Waals surface area (Å²) in [4.78, 5) is 11.4. The maximum absolute atomic E-state index is 11.4. The molecule has 0 fully saturated rings. The third-order valence-electron chi connectivity index (χ3n) is 1.81. The van der Waals surface area contributed by atoms with E-state index in [0.29, 0.717) is 17.9 Å². The Morgan fingerprint density at radius 1 is 1.57 bits per heavy atom. The van der Waals surface area contributed by atoms with Gasteiger partial charge in [0.1, 0.15) is 11.9 Å². The van der Waals surface area contributed by atoms with Crippen molar-refractivity contribution in [1.29, 1.82) is 0 Å². The van der Waals surface area contributed by atoms with Gasteiger partial charge in [-0.15, -0.1) is 0 Å². The first-order valence-corrected chi connectivity index (χ1v) is 4.60. The lowest BCUT2D eigenvalue weighted by Crippen LogP contribution is -2.15. The zero-order valence-corrected chi connectivity index (χ0v) is 8.36. The minimum atomic E-state index is -0.966. The first kappa shape index (κ1) is 10.7. The van der Waals surface area contributed by atoms with Crippen molar-refractivity contribution in [2.45, 2.75) is 20.0 Å². The van der Waals surface area contributed by atoms with Gasteiger partial charge in [0, 0.05) is 5.56 Å². The highest BCUT2D eigenvalue weighted by Gasteiger charge is 2.11. The number of carbonyl (C=O) groups excluding carboxylic acids is 1. The predicted molar refractivity (Wildman–Crippen MR) is 53.6 cm³/mol. The van der Waals surface area contributed by atoms with Crippen LogP contribution >= 0.6 is 0 Å². The van der Waals surface area contributed by atoms with Gasteiger partial charge >= 0.3 is 0 Å². The summed E-state index contributed by atoms with van der Waals surface area (Å²) in [5, 5.41) is 9.10. The summed E-state index contributed by atoms with van der Waals surface area (Å²) in [7, 11) is 0. The fraction of sp³-hybridized carbons (Fsp3) is 0.364. The van der Waals surface area contributed by atoms with E-state index in [4.69, 9.17) is 9.84 Å². The lowest BCUT2D eigenvalue weighted by molar-refractivity contribution is 0.0779. The van der Waals surface area contributed by atoms with E-state index in [1.54, 1.807) is 24.3 Å². The number of ketones is 1. The highest BCUT2D eigenvalue weighted by molar-refractivity contribution is 5.99. The van der Waals surface area contributed by atoms with E-state index in [-0.39, 0.29) is 5.78 Å². The molecule has 1 aromatic carbocycles. The molecule has 1 unspecified atom stereocenters. The van der Waals surface area contributed by atoms with Crippen molar-refractivity contribution >= 4 is 5.78 Å². The van der Waals surface area contributed by atoms with Crippen LogP contribution in [0.5, 0.6) is 5.75 Å². The van der Waals surface area contributed by atoms with E-state index >= 15 is 0 Å². The van der Waals surface area contributed by atoms with E-state index in [1.807, 2.05) is 6.92 Å². The van der Waals surface area contributed by atoms with Gasteiger partial charge in [0.15, 0.2) is 5.78 Å². The molecule has 1 atom stereocenters. The molecular formula is C11H14O3. The van der Waals surface area contributed by atoms with Crippen LogP contribution in [0.3, 0.4) is 0 Å². The van der Waals surface area contributed by atoms with Crippen LogP contribution in [0.4, 0.5) is 0 Å². The van der Waals surface area contributed by atoms with Crippen molar-refractivity contribution in [2.24, 2.45) is 0 Å². The van der Waals surface area contributed by atoms with Gasteiger partial charge in [-0.05, 0) is 26.0 Å². The number of hydrogen-bond acceptors (Lipinski definition) is 3. The molecule has 0 saturated carbocycles. The molecule has 0 heterocycles. The second-order valence-electron chi connectivity index (χ2n) is 3.00. The van der Waals surface area contributed by atoms with Crippen LogP contribution < -0.4 is 4.74 Å². The Kier molecular flexibility index (Phi) is 3.65. The van der Waals surface area contributed by atoms with E-state index < -0.39 is 6.10 Å². The van der Waals surface area contributed by atoms with Crippen LogP contribution in [0.15, 0.2) is 24.3 Å². The van der Waals surface area contributed by atoms with Gasteiger partial charge in [0.25, 0.3) is 0 Å². The molecule has 0 aliphatic carbocycles. The average molecular weight is 194 g/mol. The van der Waals surface area contributed by atoms with Crippen LogP contribution in [0.25, 0.3) is 0 Å². The van der Waals surface area contributed by atoms with Crippen LogP contribution in [0, 0.1) is 0 Å². The minimum Gasteiger partial charge on any atom is -0.494 e. The second kappa shape index (κ2) is 4.77. The Hall–Kier alpha value is -1.35. The number of carbonyl (C=O) groups is 1. The maximum atomic E-state index is 11.4. The Balaban J connectivity index is 2.88. The molecule has 0 aliphatic rings. The van der Waals surface area contributed by atoms with Gasteiger partial charge in [-0.2, -0.15) is 0 Å². The van der Waals surface area contributed by atoms with Gasteiger partial charge in [-0.1, -0.05) is 12.1 Å². The quantitative estimate of drug-likeness (QED) is 0.741. The third kappa shape index (κ3) is 2.57. The molecule has 76 valence electrons. The van der Waals surface area contributed by atoms with Crippen LogP contribution in [0.1, 0.15) is 24.2 Å². The zero-order chi connectivity index (χ0) is 10.6. The fourth-order valence-electron chi connectivity index (χ4n) is 1.15. The lowest BCUT2D eigenvalue weighted by atomic mass is 10.1. The molecule has 1 N–H and O–H groups in total. The molecule has 0 aliphatic heterocycles. The number of Topliss-reactive ketones (excluding diaryl/α,β-unsaturated/α-hetero) is 1. The number of hydrogen-bond donors (Lipinski definition) is 1. The van der Waals surface area contributed by atoms with Gasteiger partial charge in [-0.3, -0.25) is 4.79 Å². The van der Waals surface area contributed by atoms with E-state index in [9.17, 15) is 4.79 Å². The van der Waals surface area contributed by atoms with Gasteiger partial charge < -0.3 is 9.84 Å². The Morgan fingerprint density at radius 3 is 2.86 bits per heavy atom. The number of aliphatic hydroxyl groups excluding tert-OH is 1. The zero-order valence-electron chi connectivity index (χ0n) is 8.36. The summed E-state index contributed by atoms with van der Waals surface area (Å²) >= 11 is 0. The Morgan fingerprint density at radius 2 is 2.29 bits per heavy atom. The predicted octanol–water partition coefficient (Wildman–Crippen LogP) is 1.65. The van der Waals surface area contributed by atoms with Crippen molar-refractivity contribution in [3.63, 3.8) is 0 Å². The lowest BCUT2D eigenvalue weighted by Gasteiger charge is -2.06. The number of benzene rings is 1. The Bertz CT molecular complexity index is 318. The molecule has 0 aromatic heterocycles. The van der Waals surface area contributed by atoms with E-state index in [1.165, 1.54) is 6.92 Å². The summed E-state index contributed by atoms with van der Waals surface area (Å²) in [5.41, 5.74) is 0.478. The van der Waals surface area contributed by atoms with Crippen molar-refractivity contribution < 1.29 is 14.6 Å². The van der Waals surface area contributed by atoms with Crippen LogP contribution in [-0.2, 0) is 0 Å².